The quantitative estimate of drug-likeness (QED) is 0.859. The molecule has 2 amide bonds. The van der Waals surface area contributed by atoms with Gasteiger partial charge in [-0.25, -0.2) is 9.97 Å². The Morgan fingerprint density at radius 1 is 1.11 bits per heavy atom. The second kappa shape index (κ2) is 8.95. The van der Waals surface area contributed by atoms with E-state index < -0.39 is 0 Å². The van der Waals surface area contributed by atoms with Gasteiger partial charge in [0.15, 0.2) is 0 Å². The highest BCUT2D eigenvalue weighted by atomic mass is 16.2. The number of carbonyl (C=O) groups is 2. The Hall–Kier alpha value is -2.76. The number of carbonyl (C=O) groups excluding carboxylic acids is 2. The van der Waals surface area contributed by atoms with Gasteiger partial charge in [-0.15, -0.1) is 0 Å². The number of hydrogen-bond acceptors (Lipinski definition) is 4. The number of hydrogen-bond donors (Lipinski definition) is 1. The number of anilines is 1. The lowest BCUT2D eigenvalue weighted by Crippen LogP contribution is -2.39. The van der Waals surface area contributed by atoms with Crippen LogP contribution in [0.3, 0.4) is 0 Å². The summed E-state index contributed by atoms with van der Waals surface area (Å²) in [6.45, 7) is 7.11. The van der Waals surface area contributed by atoms with Crippen LogP contribution in [0.5, 0.6) is 0 Å². The molecule has 2 aromatic rings. The highest BCUT2D eigenvalue weighted by Crippen LogP contribution is 2.23. The van der Waals surface area contributed by atoms with Crippen LogP contribution in [0.25, 0.3) is 0 Å². The van der Waals surface area contributed by atoms with Crippen LogP contribution in [0.15, 0.2) is 30.3 Å². The Morgan fingerprint density at radius 2 is 1.86 bits per heavy atom. The maximum absolute atomic E-state index is 12.7. The van der Waals surface area contributed by atoms with Gasteiger partial charge in [0, 0.05) is 30.9 Å². The fraction of sp³-hybridized carbons (Fsp3) is 0.455. The van der Waals surface area contributed by atoms with Crippen LogP contribution in [-0.2, 0) is 4.79 Å². The molecule has 1 aromatic carbocycles. The van der Waals surface area contributed by atoms with E-state index in [1.54, 1.807) is 13.0 Å². The molecule has 1 N–H and O–H groups in total. The zero-order valence-electron chi connectivity index (χ0n) is 16.9. The number of likely N-dealkylation sites (tertiary alicyclic amines) is 1. The molecular formula is C22H28N4O2. The third kappa shape index (κ3) is 5.38. The first-order valence-corrected chi connectivity index (χ1v) is 9.89. The Morgan fingerprint density at radius 3 is 2.54 bits per heavy atom. The summed E-state index contributed by atoms with van der Waals surface area (Å²) in [4.78, 5) is 35.3. The topological polar surface area (TPSA) is 75.2 Å². The molecule has 1 fully saturated rings. The minimum atomic E-state index is -0.0239. The number of benzene rings is 1. The van der Waals surface area contributed by atoms with E-state index in [0.29, 0.717) is 36.9 Å². The van der Waals surface area contributed by atoms with E-state index in [2.05, 4.69) is 15.3 Å². The fourth-order valence-corrected chi connectivity index (χ4v) is 3.69. The molecule has 0 aliphatic carbocycles. The summed E-state index contributed by atoms with van der Waals surface area (Å²) in [5, 5.41) is 2.96. The van der Waals surface area contributed by atoms with Gasteiger partial charge < -0.3 is 10.2 Å². The van der Waals surface area contributed by atoms with Crippen molar-refractivity contribution >= 4 is 17.5 Å². The van der Waals surface area contributed by atoms with Gasteiger partial charge in [-0.05, 0) is 69.7 Å². The molecule has 0 saturated carbocycles. The van der Waals surface area contributed by atoms with E-state index >= 15 is 0 Å². The van der Waals surface area contributed by atoms with Gasteiger partial charge in [0.1, 0.15) is 11.5 Å². The molecule has 1 aromatic heterocycles. The van der Waals surface area contributed by atoms with Crippen LogP contribution >= 0.6 is 0 Å². The van der Waals surface area contributed by atoms with Crippen molar-refractivity contribution in [3.05, 3.63) is 53.1 Å². The molecular weight excluding hydrogens is 352 g/mol. The minimum absolute atomic E-state index is 0.0239. The van der Waals surface area contributed by atoms with E-state index in [9.17, 15) is 9.59 Å². The van der Waals surface area contributed by atoms with Crippen LogP contribution in [0.2, 0.25) is 0 Å². The van der Waals surface area contributed by atoms with Crippen LogP contribution < -0.4 is 5.32 Å². The molecule has 0 radical (unpaired) electrons. The number of aromatic nitrogens is 2. The Balaban J connectivity index is 1.45. The van der Waals surface area contributed by atoms with Crippen molar-refractivity contribution in [3.8, 4) is 0 Å². The highest BCUT2D eigenvalue weighted by molar-refractivity contribution is 5.92. The summed E-state index contributed by atoms with van der Waals surface area (Å²) in [6, 6.07) is 9.58. The Kier molecular flexibility index (Phi) is 6.39. The summed E-state index contributed by atoms with van der Waals surface area (Å²) >= 11 is 0. The number of nitrogens with one attached hydrogen (secondary N) is 1. The lowest BCUT2D eigenvalue weighted by atomic mass is 9.92. The highest BCUT2D eigenvalue weighted by Gasteiger charge is 2.25. The maximum atomic E-state index is 12.7. The van der Waals surface area contributed by atoms with E-state index in [0.717, 1.165) is 36.2 Å². The Bertz CT molecular complexity index is 837. The van der Waals surface area contributed by atoms with Crippen molar-refractivity contribution in [1.82, 2.24) is 14.9 Å². The normalized spacial score (nSPS) is 14.8. The largest absolute Gasteiger partial charge is 0.337 e. The molecule has 0 spiro atoms. The average Bonchev–Trinajstić information content (AvgIpc) is 2.65. The van der Waals surface area contributed by atoms with Gasteiger partial charge in [-0.1, -0.05) is 12.1 Å². The molecule has 6 nitrogen and oxygen atoms in total. The van der Waals surface area contributed by atoms with Crippen LogP contribution in [0.1, 0.15) is 53.3 Å². The van der Waals surface area contributed by atoms with Crippen molar-refractivity contribution in [2.24, 2.45) is 5.92 Å². The van der Waals surface area contributed by atoms with Crippen molar-refractivity contribution in [3.63, 3.8) is 0 Å². The van der Waals surface area contributed by atoms with E-state index in [1.165, 1.54) is 0 Å². The fourth-order valence-electron chi connectivity index (χ4n) is 3.69. The lowest BCUT2D eigenvalue weighted by Gasteiger charge is -2.31. The van der Waals surface area contributed by atoms with Crippen molar-refractivity contribution < 1.29 is 9.59 Å². The van der Waals surface area contributed by atoms with Gasteiger partial charge in [-0.3, -0.25) is 9.59 Å². The summed E-state index contributed by atoms with van der Waals surface area (Å²) in [6.07, 6.45) is 3.21. The number of amides is 2. The molecule has 6 heteroatoms. The molecule has 0 unspecified atom stereocenters. The predicted molar refractivity (Wildman–Crippen MR) is 109 cm³/mol. The second-order valence-corrected chi connectivity index (χ2v) is 7.63. The first-order chi connectivity index (χ1) is 13.4. The summed E-state index contributed by atoms with van der Waals surface area (Å²) in [7, 11) is 0. The molecule has 2 heterocycles. The first kappa shape index (κ1) is 20.0. The molecule has 1 aliphatic rings. The number of nitrogens with zero attached hydrogens (tertiary/aromatic N) is 3. The van der Waals surface area contributed by atoms with Crippen molar-refractivity contribution in [1.29, 1.82) is 0 Å². The molecule has 3 rings (SSSR count). The lowest BCUT2D eigenvalue weighted by molar-refractivity contribution is -0.116. The summed E-state index contributed by atoms with van der Waals surface area (Å²) < 4.78 is 0. The van der Waals surface area contributed by atoms with Gasteiger partial charge >= 0.3 is 0 Å². The SMILES string of the molecule is Cc1cccc(NC(=O)CCC2CCN(C(=O)c3cc(C)nc(C)n3)CC2)c1. The maximum Gasteiger partial charge on any atom is 0.272 e. The van der Waals surface area contributed by atoms with Crippen molar-refractivity contribution in [2.45, 2.75) is 46.5 Å². The van der Waals surface area contributed by atoms with E-state index in [-0.39, 0.29) is 11.8 Å². The van der Waals surface area contributed by atoms with E-state index in [4.69, 9.17) is 0 Å². The first-order valence-electron chi connectivity index (χ1n) is 9.89. The molecule has 1 aliphatic heterocycles. The number of piperidine rings is 1. The van der Waals surface area contributed by atoms with Gasteiger partial charge in [0.2, 0.25) is 5.91 Å². The third-order valence-electron chi connectivity index (χ3n) is 5.17. The second-order valence-electron chi connectivity index (χ2n) is 7.63. The minimum Gasteiger partial charge on any atom is -0.337 e. The summed E-state index contributed by atoms with van der Waals surface area (Å²) in [5.41, 5.74) is 3.26. The monoisotopic (exact) mass is 380 g/mol. The zero-order valence-corrected chi connectivity index (χ0v) is 16.9. The number of rotatable bonds is 5. The average molecular weight is 380 g/mol. The molecule has 0 atom stereocenters. The van der Waals surface area contributed by atoms with E-state index in [1.807, 2.05) is 43.0 Å². The van der Waals surface area contributed by atoms with Crippen LogP contribution in [0.4, 0.5) is 5.69 Å². The predicted octanol–water partition coefficient (Wildman–Crippen LogP) is 3.67. The van der Waals surface area contributed by atoms with Crippen LogP contribution in [0, 0.1) is 26.7 Å². The smallest absolute Gasteiger partial charge is 0.272 e. The van der Waals surface area contributed by atoms with Crippen LogP contribution in [-0.4, -0.2) is 39.8 Å². The molecule has 148 valence electrons. The van der Waals surface area contributed by atoms with Gasteiger partial charge in [-0.2, -0.15) is 0 Å². The molecule has 0 bridgehead atoms. The zero-order chi connectivity index (χ0) is 20.1. The molecule has 1 saturated heterocycles. The summed E-state index contributed by atoms with van der Waals surface area (Å²) in [5.74, 6) is 1.12. The van der Waals surface area contributed by atoms with Gasteiger partial charge in [0.25, 0.3) is 5.91 Å². The van der Waals surface area contributed by atoms with Crippen molar-refractivity contribution in [2.75, 3.05) is 18.4 Å². The standard InChI is InChI=1S/C22H28N4O2/c1-15-5-4-6-19(13-15)25-21(27)8-7-18-9-11-26(12-10-18)22(28)20-14-16(2)23-17(3)24-20/h4-6,13-14,18H,7-12H2,1-3H3,(H,25,27). The number of aryl methyl sites for hydroxylation is 3. The van der Waals surface area contributed by atoms with Gasteiger partial charge in [0.05, 0.1) is 0 Å². The molecule has 28 heavy (non-hydrogen) atoms. The Labute approximate surface area is 166 Å². The third-order valence-corrected chi connectivity index (χ3v) is 5.17.